The van der Waals surface area contributed by atoms with Crippen LogP contribution in [0.3, 0.4) is 0 Å². The molecule has 0 bridgehead atoms. The first kappa shape index (κ1) is 17.9. The molecular weight excluding hydrogens is 224 g/mol. The van der Waals surface area contributed by atoms with Crippen LogP contribution in [0.25, 0.3) is 0 Å². The summed E-state index contributed by atoms with van der Waals surface area (Å²) >= 11 is 0. The number of rotatable bonds is 10. The Labute approximate surface area is 115 Å². The van der Waals surface area contributed by atoms with E-state index in [1.54, 1.807) is 0 Å². The molecule has 0 aromatic rings. The summed E-state index contributed by atoms with van der Waals surface area (Å²) in [7, 11) is 8.75. The van der Waals surface area contributed by atoms with Crippen molar-refractivity contribution in [3.8, 4) is 0 Å². The van der Waals surface area contributed by atoms with E-state index in [2.05, 4.69) is 42.0 Å². The molecule has 0 aromatic carbocycles. The van der Waals surface area contributed by atoms with Gasteiger partial charge in [0, 0.05) is 0 Å². The van der Waals surface area contributed by atoms with Crippen LogP contribution in [0.4, 0.5) is 0 Å². The van der Waals surface area contributed by atoms with E-state index in [1.807, 2.05) is 0 Å². The fourth-order valence-corrected chi connectivity index (χ4v) is 2.52. The third kappa shape index (κ3) is 8.90. The molecule has 0 aromatic heterocycles. The fraction of sp³-hybridized carbons (Fsp3) is 1.00. The highest BCUT2D eigenvalue weighted by Crippen LogP contribution is 2.07. The van der Waals surface area contributed by atoms with Gasteiger partial charge in [-0.05, 0) is 18.9 Å². The van der Waals surface area contributed by atoms with E-state index in [9.17, 15) is 5.11 Å². The summed E-state index contributed by atoms with van der Waals surface area (Å²) in [5.74, 6) is 0. The minimum absolute atomic E-state index is 0.441. The lowest BCUT2D eigenvalue weighted by Gasteiger charge is -2.40. The summed E-state index contributed by atoms with van der Waals surface area (Å²) in [6.07, 6.45) is 4.41. The van der Waals surface area contributed by atoms with Gasteiger partial charge in [-0.25, -0.2) is 0 Å². The maximum absolute atomic E-state index is 12.3. The molecule has 0 spiro atoms. The lowest BCUT2D eigenvalue weighted by Crippen LogP contribution is -2.57. The quantitative estimate of drug-likeness (QED) is 0.545. The van der Waals surface area contributed by atoms with Gasteiger partial charge in [0.05, 0.1) is 54.4 Å². The van der Waals surface area contributed by atoms with Crippen LogP contribution in [-0.4, -0.2) is 69.4 Å². The molecule has 0 saturated heterocycles. The van der Waals surface area contributed by atoms with Gasteiger partial charge in [-0.2, -0.15) is 0 Å². The Bertz CT molecular complexity index is 193. The smallest absolute Gasteiger partial charge is 0.0782 e. The topological polar surface area (TPSA) is 23.1 Å². The lowest BCUT2D eigenvalue weighted by molar-refractivity contribution is -0.925. The van der Waals surface area contributed by atoms with Crippen LogP contribution >= 0.6 is 0 Å². The Morgan fingerprint density at radius 1 is 0.778 bits per heavy atom. The van der Waals surface area contributed by atoms with Crippen LogP contribution in [-0.2, 0) is 0 Å². The van der Waals surface area contributed by atoms with Crippen molar-refractivity contribution in [3.05, 3.63) is 0 Å². The monoisotopic (exact) mass is 259 g/mol. The summed E-state index contributed by atoms with van der Waals surface area (Å²) in [6.45, 7) is 8.18. The van der Waals surface area contributed by atoms with Crippen molar-refractivity contribution >= 4 is 0 Å². The van der Waals surface area contributed by atoms with Gasteiger partial charge in [0.1, 0.15) is 0 Å². The molecule has 3 heteroatoms. The molecule has 0 amide bonds. The highest BCUT2D eigenvalue weighted by Gasteiger charge is 2.21. The Hall–Kier alpha value is -0.120. The van der Waals surface area contributed by atoms with Crippen molar-refractivity contribution < 1.29 is 14.1 Å². The normalized spacial score (nSPS) is 13.3. The number of hydrogen-bond donors (Lipinski definition) is 0. The minimum atomic E-state index is -0.441. The third-order valence-corrected chi connectivity index (χ3v) is 3.63. The van der Waals surface area contributed by atoms with Gasteiger partial charge in [0.2, 0.25) is 0 Å². The molecule has 18 heavy (non-hydrogen) atoms. The molecule has 0 rings (SSSR count). The molecule has 0 aliphatic rings. The number of unbranched alkanes of at least 4 members (excludes halogenated alkanes) is 2. The van der Waals surface area contributed by atoms with Crippen LogP contribution in [0.2, 0.25) is 0 Å². The van der Waals surface area contributed by atoms with E-state index in [0.717, 1.165) is 35.1 Å². The van der Waals surface area contributed by atoms with Gasteiger partial charge in [0.15, 0.2) is 0 Å². The van der Waals surface area contributed by atoms with Crippen molar-refractivity contribution in [2.75, 3.05) is 54.4 Å². The Kier molecular flexibility index (Phi) is 8.08. The van der Waals surface area contributed by atoms with Crippen LogP contribution in [0.15, 0.2) is 0 Å². The van der Waals surface area contributed by atoms with Crippen molar-refractivity contribution in [3.63, 3.8) is 0 Å². The second-order valence-electron chi connectivity index (χ2n) is 7.01. The van der Waals surface area contributed by atoms with Gasteiger partial charge in [-0.3, -0.25) is 0 Å². The van der Waals surface area contributed by atoms with Gasteiger partial charge in [0.25, 0.3) is 0 Å². The first-order valence-electron chi connectivity index (χ1n) is 7.52. The summed E-state index contributed by atoms with van der Waals surface area (Å²) in [5.41, 5.74) is 0. The van der Waals surface area contributed by atoms with Gasteiger partial charge in [-0.1, -0.05) is 26.7 Å². The summed E-state index contributed by atoms with van der Waals surface area (Å²) in [6, 6.07) is 0. The summed E-state index contributed by atoms with van der Waals surface area (Å²) in [4.78, 5) is 0. The molecule has 0 atom stereocenters. The average molecular weight is 259 g/mol. The molecule has 3 nitrogen and oxygen atoms in total. The molecule has 0 aliphatic carbocycles. The van der Waals surface area contributed by atoms with Crippen molar-refractivity contribution in [1.82, 2.24) is 0 Å². The van der Waals surface area contributed by atoms with Crippen LogP contribution < -0.4 is 5.11 Å². The highest BCUT2D eigenvalue weighted by molar-refractivity contribution is 4.52. The van der Waals surface area contributed by atoms with E-state index in [0.29, 0.717) is 0 Å². The molecule has 0 N–H and O–H groups in total. The Morgan fingerprint density at radius 3 is 1.39 bits per heavy atom. The average Bonchev–Trinajstić information content (AvgIpc) is 2.22. The lowest BCUT2D eigenvalue weighted by atomic mass is 10.2. The van der Waals surface area contributed by atoms with Crippen LogP contribution in [0.5, 0.6) is 0 Å². The predicted octanol–water partition coefficient (Wildman–Crippen LogP) is 1.47. The number of nitrogens with zero attached hydrogens (tertiary/aromatic N) is 2. The molecular formula is C15H35N2O+. The SMILES string of the molecule is CCCC[N+](C)(C)CC([O-])C[N+](C)(C)CCCC. The number of quaternary nitrogens is 2. The summed E-state index contributed by atoms with van der Waals surface area (Å²) < 4.78 is 1.74. The van der Waals surface area contributed by atoms with Gasteiger partial charge < -0.3 is 14.1 Å². The van der Waals surface area contributed by atoms with E-state index in [4.69, 9.17) is 0 Å². The Balaban J connectivity index is 4.11. The predicted molar refractivity (Wildman–Crippen MR) is 77.3 cm³/mol. The maximum atomic E-state index is 12.3. The molecule has 110 valence electrons. The van der Waals surface area contributed by atoms with Crippen molar-refractivity contribution in [1.29, 1.82) is 0 Å². The number of hydrogen-bond acceptors (Lipinski definition) is 1. The first-order valence-corrected chi connectivity index (χ1v) is 7.52. The first-order chi connectivity index (χ1) is 8.22. The zero-order valence-electron chi connectivity index (χ0n) is 13.5. The summed E-state index contributed by atoms with van der Waals surface area (Å²) in [5, 5.41) is 12.3. The van der Waals surface area contributed by atoms with Crippen LogP contribution in [0, 0.1) is 0 Å². The third-order valence-electron chi connectivity index (χ3n) is 3.63. The fourth-order valence-electron chi connectivity index (χ4n) is 2.52. The van der Waals surface area contributed by atoms with Crippen molar-refractivity contribution in [2.45, 2.75) is 45.6 Å². The van der Waals surface area contributed by atoms with Gasteiger partial charge in [-0.15, -0.1) is 0 Å². The molecule has 0 aliphatic heterocycles. The molecule has 0 saturated carbocycles. The second kappa shape index (κ2) is 8.13. The number of likely N-dealkylation sites (N-methyl/N-ethyl adjacent to an activating group) is 2. The largest absolute Gasteiger partial charge is 0.844 e. The minimum Gasteiger partial charge on any atom is -0.844 e. The van der Waals surface area contributed by atoms with E-state index in [-0.39, 0.29) is 0 Å². The van der Waals surface area contributed by atoms with Crippen LogP contribution in [0.1, 0.15) is 39.5 Å². The maximum Gasteiger partial charge on any atom is 0.0782 e. The van der Waals surface area contributed by atoms with Gasteiger partial charge >= 0.3 is 0 Å². The second-order valence-corrected chi connectivity index (χ2v) is 7.01. The van der Waals surface area contributed by atoms with E-state index >= 15 is 0 Å². The zero-order chi connectivity index (χ0) is 14.2. The Morgan fingerprint density at radius 2 is 1.11 bits per heavy atom. The molecule has 0 radical (unpaired) electrons. The molecule has 0 unspecified atom stereocenters. The molecule has 0 heterocycles. The molecule has 0 fully saturated rings. The standard InChI is InChI=1S/C15H35N2O/c1-7-9-11-16(3,4)13-15(18)14-17(5,6)12-10-8-2/h15H,7-14H2,1-6H3/q+1. The van der Waals surface area contributed by atoms with Crippen molar-refractivity contribution in [2.24, 2.45) is 0 Å². The highest BCUT2D eigenvalue weighted by atomic mass is 16.3. The van der Waals surface area contributed by atoms with E-state index < -0.39 is 6.10 Å². The zero-order valence-corrected chi connectivity index (χ0v) is 13.5. The van der Waals surface area contributed by atoms with E-state index in [1.165, 1.54) is 25.7 Å².